The highest BCUT2D eigenvalue weighted by molar-refractivity contribution is 7.14. The summed E-state index contributed by atoms with van der Waals surface area (Å²) >= 11 is 1.31. The van der Waals surface area contributed by atoms with Gasteiger partial charge in [-0.25, -0.2) is 4.98 Å². The van der Waals surface area contributed by atoms with Crippen LogP contribution in [0.4, 0.5) is 5.13 Å². The van der Waals surface area contributed by atoms with Gasteiger partial charge in [-0.15, -0.1) is 11.3 Å². The van der Waals surface area contributed by atoms with E-state index in [2.05, 4.69) is 20.4 Å². The first-order valence-corrected chi connectivity index (χ1v) is 10.5. The van der Waals surface area contributed by atoms with Gasteiger partial charge < -0.3 is 18.7 Å². The Morgan fingerprint density at radius 1 is 1.09 bits per heavy atom. The number of benzene rings is 2. The van der Waals surface area contributed by atoms with Gasteiger partial charge >= 0.3 is 0 Å². The second-order valence-corrected chi connectivity index (χ2v) is 7.43. The van der Waals surface area contributed by atoms with Crippen LogP contribution in [0, 0.1) is 6.92 Å². The van der Waals surface area contributed by atoms with Gasteiger partial charge in [-0.2, -0.15) is 4.98 Å². The number of para-hydroxylation sites is 1. The van der Waals surface area contributed by atoms with Gasteiger partial charge in [0.25, 0.3) is 5.91 Å². The molecule has 10 heteroatoms. The summed E-state index contributed by atoms with van der Waals surface area (Å²) in [6.45, 7) is 1.78. The predicted octanol–water partition coefficient (Wildman–Crippen LogP) is 4.35. The average molecular weight is 452 g/mol. The van der Waals surface area contributed by atoms with Crippen molar-refractivity contribution in [2.75, 3.05) is 19.5 Å². The molecule has 32 heavy (non-hydrogen) atoms. The highest BCUT2D eigenvalue weighted by Gasteiger charge is 2.17. The van der Waals surface area contributed by atoms with E-state index in [9.17, 15) is 4.79 Å². The van der Waals surface area contributed by atoms with E-state index in [4.69, 9.17) is 18.7 Å². The largest absolute Gasteiger partial charge is 0.497 e. The first kappa shape index (κ1) is 21.3. The van der Waals surface area contributed by atoms with E-state index in [0.29, 0.717) is 45.4 Å². The Morgan fingerprint density at radius 3 is 2.69 bits per heavy atom. The lowest BCUT2D eigenvalue weighted by molar-refractivity contribution is 0.102. The molecular weight excluding hydrogens is 432 g/mol. The molecule has 9 nitrogen and oxygen atoms in total. The summed E-state index contributed by atoms with van der Waals surface area (Å²) in [4.78, 5) is 21.5. The monoisotopic (exact) mass is 452 g/mol. The van der Waals surface area contributed by atoms with Crippen LogP contribution in [0.5, 0.6) is 17.2 Å². The van der Waals surface area contributed by atoms with Crippen LogP contribution in [0.2, 0.25) is 0 Å². The molecule has 2 aromatic carbocycles. The number of aromatic nitrogens is 3. The number of amides is 1. The van der Waals surface area contributed by atoms with Gasteiger partial charge in [-0.1, -0.05) is 17.3 Å². The zero-order valence-corrected chi connectivity index (χ0v) is 18.4. The molecule has 164 valence electrons. The number of thiazole rings is 1. The Bertz CT molecular complexity index is 1240. The Labute approximate surface area is 188 Å². The van der Waals surface area contributed by atoms with Crippen LogP contribution in [0.3, 0.4) is 0 Å². The van der Waals surface area contributed by atoms with Crippen molar-refractivity contribution in [3.05, 3.63) is 65.1 Å². The lowest BCUT2D eigenvalue weighted by atomic mass is 10.1. The molecule has 1 N–H and O–H groups in total. The molecule has 0 radical (unpaired) electrons. The van der Waals surface area contributed by atoms with Crippen molar-refractivity contribution in [1.29, 1.82) is 0 Å². The molecule has 0 aliphatic rings. The summed E-state index contributed by atoms with van der Waals surface area (Å²) in [7, 11) is 3.19. The lowest BCUT2D eigenvalue weighted by Crippen LogP contribution is -2.13. The van der Waals surface area contributed by atoms with Crippen molar-refractivity contribution in [2.24, 2.45) is 0 Å². The summed E-state index contributed by atoms with van der Waals surface area (Å²) in [5, 5.41) is 8.90. The highest BCUT2D eigenvalue weighted by Crippen LogP contribution is 2.35. The molecule has 0 unspecified atom stereocenters. The standard InChI is InChI=1S/C22H20N4O5S/c1-13-23-20(26-31-13)11-30-19-7-5-4-6-15(19)21(27)25-22-24-17(12-32-22)16-10-14(28-2)8-9-18(16)29-3/h4-10,12H,11H2,1-3H3,(H,24,25,27). The molecule has 0 spiro atoms. The smallest absolute Gasteiger partial charge is 0.261 e. The molecule has 2 heterocycles. The summed E-state index contributed by atoms with van der Waals surface area (Å²) in [6, 6.07) is 12.4. The van der Waals surface area contributed by atoms with Crippen LogP contribution < -0.4 is 19.5 Å². The van der Waals surface area contributed by atoms with E-state index in [1.165, 1.54) is 11.3 Å². The number of methoxy groups -OCH3 is 2. The van der Waals surface area contributed by atoms with Crippen LogP contribution in [0.1, 0.15) is 22.1 Å². The van der Waals surface area contributed by atoms with Crippen molar-refractivity contribution < 1.29 is 23.5 Å². The van der Waals surface area contributed by atoms with Crippen molar-refractivity contribution >= 4 is 22.4 Å². The molecule has 0 saturated heterocycles. The molecule has 0 fully saturated rings. The molecule has 2 aromatic heterocycles. The minimum atomic E-state index is -0.344. The normalized spacial score (nSPS) is 10.6. The summed E-state index contributed by atoms with van der Waals surface area (Å²) in [5.41, 5.74) is 1.80. The van der Waals surface area contributed by atoms with Crippen molar-refractivity contribution in [3.8, 4) is 28.5 Å². The number of rotatable bonds is 8. The van der Waals surface area contributed by atoms with E-state index >= 15 is 0 Å². The van der Waals surface area contributed by atoms with Crippen LogP contribution in [-0.2, 0) is 6.61 Å². The molecule has 0 aliphatic carbocycles. The topological polar surface area (TPSA) is 109 Å². The van der Waals surface area contributed by atoms with Gasteiger partial charge in [-0.05, 0) is 30.3 Å². The van der Waals surface area contributed by atoms with Gasteiger partial charge in [0.15, 0.2) is 11.7 Å². The highest BCUT2D eigenvalue weighted by atomic mass is 32.1. The summed E-state index contributed by atoms with van der Waals surface area (Å²) in [5.74, 6) is 2.24. The van der Waals surface area contributed by atoms with E-state index in [-0.39, 0.29) is 12.5 Å². The van der Waals surface area contributed by atoms with E-state index in [0.717, 1.165) is 5.56 Å². The van der Waals surface area contributed by atoms with Crippen molar-refractivity contribution in [3.63, 3.8) is 0 Å². The van der Waals surface area contributed by atoms with Crippen molar-refractivity contribution in [2.45, 2.75) is 13.5 Å². The van der Waals surface area contributed by atoms with Gasteiger partial charge in [0.2, 0.25) is 11.7 Å². The fourth-order valence-electron chi connectivity index (χ4n) is 2.96. The molecule has 4 aromatic rings. The first-order valence-electron chi connectivity index (χ1n) is 9.57. The molecule has 4 rings (SSSR count). The van der Waals surface area contributed by atoms with Crippen molar-refractivity contribution in [1.82, 2.24) is 15.1 Å². The SMILES string of the molecule is COc1ccc(OC)c(-c2csc(NC(=O)c3ccccc3OCc3noc(C)n3)n2)c1. The third-order valence-electron chi connectivity index (χ3n) is 4.47. The number of aryl methyl sites for hydroxylation is 1. The number of nitrogens with one attached hydrogen (secondary N) is 1. The average Bonchev–Trinajstić information content (AvgIpc) is 3.46. The zero-order valence-electron chi connectivity index (χ0n) is 17.6. The van der Waals surface area contributed by atoms with Crippen LogP contribution in [0.25, 0.3) is 11.3 Å². The zero-order chi connectivity index (χ0) is 22.5. The molecule has 0 saturated carbocycles. The number of anilines is 1. The number of hydrogen-bond acceptors (Lipinski definition) is 9. The third-order valence-corrected chi connectivity index (χ3v) is 5.22. The maximum Gasteiger partial charge on any atom is 0.261 e. The number of nitrogens with zero attached hydrogens (tertiary/aromatic N) is 3. The Morgan fingerprint density at radius 2 is 1.94 bits per heavy atom. The second kappa shape index (κ2) is 9.48. The summed E-state index contributed by atoms with van der Waals surface area (Å²) in [6.07, 6.45) is 0. The Kier molecular flexibility index (Phi) is 6.31. The quantitative estimate of drug-likeness (QED) is 0.420. The summed E-state index contributed by atoms with van der Waals surface area (Å²) < 4.78 is 21.4. The van der Waals surface area contributed by atoms with E-state index in [1.54, 1.807) is 45.4 Å². The van der Waals surface area contributed by atoms with Gasteiger partial charge in [0.1, 0.15) is 17.2 Å². The second-order valence-electron chi connectivity index (χ2n) is 6.57. The number of hydrogen-bond donors (Lipinski definition) is 1. The van der Waals surface area contributed by atoms with Crippen LogP contribution in [0.15, 0.2) is 52.4 Å². The first-order chi connectivity index (χ1) is 15.6. The molecule has 0 atom stereocenters. The maximum atomic E-state index is 12.9. The molecule has 0 aliphatic heterocycles. The minimum absolute atomic E-state index is 0.0820. The number of carbonyl (C=O) groups is 1. The van der Waals surface area contributed by atoms with Gasteiger partial charge in [0.05, 0.1) is 25.5 Å². The number of ether oxygens (including phenoxy) is 3. The Balaban J connectivity index is 1.50. The number of carbonyl (C=O) groups excluding carboxylic acids is 1. The van der Waals surface area contributed by atoms with E-state index in [1.807, 2.05) is 23.6 Å². The van der Waals surface area contributed by atoms with Crippen LogP contribution >= 0.6 is 11.3 Å². The Hall–Kier alpha value is -3.92. The van der Waals surface area contributed by atoms with E-state index < -0.39 is 0 Å². The fourth-order valence-corrected chi connectivity index (χ4v) is 3.66. The lowest BCUT2D eigenvalue weighted by Gasteiger charge is -2.10. The van der Waals surface area contributed by atoms with Gasteiger partial charge in [-0.3, -0.25) is 10.1 Å². The third kappa shape index (κ3) is 4.70. The minimum Gasteiger partial charge on any atom is -0.497 e. The van der Waals surface area contributed by atoms with Crippen LogP contribution in [-0.4, -0.2) is 35.3 Å². The predicted molar refractivity (Wildman–Crippen MR) is 118 cm³/mol. The molecular formula is C22H20N4O5S. The molecule has 1 amide bonds. The fraction of sp³-hybridized carbons (Fsp3) is 0.182. The van der Waals surface area contributed by atoms with Gasteiger partial charge in [0, 0.05) is 17.9 Å². The molecule has 0 bridgehead atoms. The maximum absolute atomic E-state index is 12.9.